The van der Waals surface area contributed by atoms with Crippen LogP contribution in [0.4, 0.5) is 22.8 Å². The third-order valence-electron chi connectivity index (χ3n) is 6.63. The van der Waals surface area contributed by atoms with E-state index in [4.69, 9.17) is 18.9 Å². The van der Waals surface area contributed by atoms with Gasteiger partial charge in [-0.2, -0.15) is 18.1 Å². The van der Waals surface area contributed by atoms with Crippen LogP contribution in [-0.4, -0.2) is 85.2 Å². The summed E-state index contributed by atoms with van der Waals surface area (Å²) in [6.07, 6.45) is -5.78. The van der Waals surface area contributed by atoms with Crippen molar-refractivity contribution in [2.24, 2.45) is 5.92 Å². The van der Waals surface area contributed by atoms with Crippen molar-refractivity contribution in [1.82, 2.24) is 10.2 Å². The molecule has 11 nitrogen and oxygen atoms in total. The molecule has 0 aliphatic heterocycles. The number of halogens is 3. The number of unbranched alkanes of at least 4 members (excludes halogenated alkanes) is 3. The maximum absolute atomic E-state index is 13.2. The van der Waals surface area contributed by atoms with E-state index >= 15 is 0 Å². The highest BCUT2D eigenvalue weighted by molar-refractivity contribution is 6.76. The Kier molecular flexibility index (Phi) is 14.8. The Morgan fingerprint density at radius 3 is 1.94 bits per heavy atom. The number of nitrogens with zero attached hydrogens (tertiary/aromatic N) is 1. The first-order chi connectivity index (χ1) is 21.3. The summed E-state index contributed by atoms with van der Waals surface area (Å²) in [6, 6.07) is -0.816. The third-order valence-corrected chi connectivity index (χ3v) is 8.33. The largest absolute Gasteiger partial charge is 0.471 e. The molecule has 3 amide bonds. The monoisotopic (exact) mass is 692 g/mol. The molecule has 1 N–H and O–H groups in total. The van der Waals surface area contributed by atoms with Gasteiger partial charge in [0.15, 0.2) is 5.54 Å². The summed E-state index contributed by atoms with van der Waals surface area (Å²) < 4.78 is 59.8. The summed E-state index contributed by atoms with van der Waals surface area (Å²) >= 11 is 0. The molecular formula is C32H51F3N2O9Si. The minimum atomic E-state index is -5.14. The summed E-state index contributed by atoms with van der Waals surface area (Å²) in [7, 11) is -1.56. The van der Waals surface area contributed by atoms with Gasteiger partial charge in [0.1, 0.15) is 17.2 Å². The molecule has 0 aromatic carbocycles. The van der Waals surface area contributed by atoms with Crippen molar-refractivity contribution in [3.8, 4) is 11.8 Å². The average Bonchev–Trinajstić information content (AvgIpc) is 3.58. The number of nitrogens with one attached hydrogen (secondary N) is 1. The minimum absolute atomic E-state index is 0.00646. The summed E-state index contributed by atoms with van der Waals surface area (Å²) in [5.41, 5.74) is -3.71. The lowest BCUT2D eigenvalue weighted by Gasteiger charge is -2.32. The molecule has 0 aromatic heterocycles. The lowest BCUT2D eigenvalue weighted by molar-refractivity contribution is -0.176. The van der Waals surface area contributed by atoms with Gasteiger partial charge in [-0.3, -0.25) is 4.79 Å². The van der Waals surface area contributed by atoms with Gasteiger partial charge in [-0.25, -0.2) is 19.2 Å². The fourth-order valence-corrected chi connectivity index (χ4v) is 4.95. The van der Waals surface area contributed by atoms with Gasteiger partial charge in [-0.15, -0.1) is 5.92 Å². The molecule has 1 saturated carbocycles. The highest BCUT2D eigenvalue weighted by atomic mass is 28.3. The van der Waals surface area contributed by atoms with Crippen LogP contribution in [0.25, 0.3) is 0 Å². The topological polar surface area (TPSA) is 138 Å². The van der Waals surface area contributed by atoms with E-state index in [-0.39, 0.29) is 26.1 Å². The molecule has 1 rings (SSSR count). The van der Waals surface area contributed by atoms with Gasteiger partial charge in [0.05, 0.1) is 19.1 Å². The van der Waals surface area contributed by atoms with E-state index in [2.05, 4.69) is 31.5 Å². The summed E-state index contributed by atoms with van der Waals surface area (Å²) in [6.45, 7) is 17.5. The molecule has 0 aromatic rings. The van der Waals surface area contributed by atoms with Crippen LogP contribution in [0.15, 0.2) is 0 Å². The first kappa shape index (κ1) is 41.7. The van der Waals surface area contributed by atoms with Crippen molar-refractivity contribution in [3.63, 3.8) is 0 Å². The Labute approximate surface area is 276 Å². The van der Waals surface area contributed by atoms with Gasteiger partial charge in [0, 0.05) is 20.9 Å². The van der Waals surface area contributed by atoms with Crippen LogP contribution in [-0.2, 0) is 33.3 Å². The van der Waals surface area contributed by atoms with Crippen LogP contribution in [0.5, 0.6) is 0 Å². The third kappa shape index (κ3) is 14.6. The SMILES string of the molecule is CCOC(=O)[C@@]1(N(C(=O)OC(C)(C)C)C(=O)OC(C)(C)C)C[C@H]1C#CCCCCC[C@H](NC(=O)C(F)(F)F)C(=O)OCC[Si](C)(C)C. The Bertz CT molecular complexity index is 1170. The Morgan fingerprint density at radius 1 is 0.915 bits per heavy atom. The van der Waals surface area contributed by atoms with Gasteiger partial charge in [-0.1, -0.05) is 38.4 Å². The molecule has 1 fully saturated rings. The zero-order valence-electron chi connectivity index (χ0n) is 29.3. The van der Waals surface area contributed by atoms with Crippen LogP contribution in [0, 0.1) is 17.8 Å². The lowest BCUT2D eigenvalue weighted by atomic mass is 10.1. The zero-order chi connectivity index (χ0) is 36.4. The molecular weight excluding hydrogens is 641 g/mol. The number of alkyl halides is 3. The smallest absolute Gasteiger partial charge is 0.464 e. The standard InChI is InChI=1S/C32H51F3N2O9Si/c1-11-43-26(40)31(37(27(41)45-29(2,3)4)28(42)46-30(5,6)7)21-22(31)17-15-13-12-14-16-18-23(36-25(39)32(33,34)35)24(38)44-19-20-47(8,9)10/h22-23H,11-14,16,18-21H2,1-10H3,(H,36,39)/t22-,23+,31-/m1/s1. The average molecular weight is 693 g/mol. The number of ether oxygens (including phenoxy) is 4. The molecule has 47 heavy (non-hydrogen) atoms. The van der Waals surface area contributed by atoms with E-state index in [9.17, 15) is 37.1 Å². The van der Waals surface area contributed by atoms with Crippen molar-refractivity contribution < 1.29 is 56.1 Å². The fourth-order valence-electron chi connectivity index (χ4n) is 4.24. The first-order valence-electron chi connectivity index (χ1n) is 15.8. The Balaban J connectivity index is 2.96. The molecule has 0 bridgehead atoms. The molecule has 268 valence electrons. The molecule has 1 aliphatic rings. The number of rotatable bonds is 13. The number of hydrogen-bond donors (Lipinski definition) is 1. The second-order valence-corrected chi connectivity index (χ2v) is 20.2. The minimum Gasteiger partial charge on any atom is -0.464 e. The number of carbonyl (C=O) groups excluding carboxylic acids is 5. The van der Waals surface area contributed by atoms with E-state index < -0.39 is 73.0 Å². The van der Waals surface area contributed by atoms with Crippen molar-refractivity contribution in [2.45, 2.75) is 142 Å². The Hall–Kier alpha value is -3.28. The quantitative estimate of drug-likeness (QED) is 0.0768. The van der Waals surface area contributed by atoms with E-state index in [1.54, 1.807) is 53.8 Å². The summed E-state index contributed by atoms with van der Waals surface area (Å²) in [5.74, 6) is 1.18. The molecule has 0 heterocycles. The molecule has 0 radical (unpaired) electrons. The number of imide groups is 1. The number of amides is 3. The van der Waals surface area contributed by atoms with Crippen LogP contribution >= 0.6 is 0 Å². The Morgan fingerprint density at radius 2 is 1.47 bits per heavy atom. The predicted octanol–water partition coefficient (Wildman–Crippen LogP) is 6.36. The van der Waals surface area contributed by atoms with Crippen LogP contribution in [0.3, 0.4) is 0 Å². The van der Waals surface area contributed by atoms with Gasteiger partial charge >= 0.3 is 36.2 Å². The van der Waals surface area contributed by atoms with Crippen molar-refractivity contribution in [2.75, 3.05) is 13.2 Å². The molecule has 0 saturated heterocycles. The van der Waals surface area contributed by atoms with Gasteiger partial charge in [0.2, 0.25) is 0 Å². The first-order valence-corrected chi connectivity index (χ1v) is 19.5. The summed E-state index contributed by atoms with van der Waals surface area (Å²) in [4.78, 5) is 64.3. The van der Waals surface area contributed by atoms with Crippen LogP contribution in [0.1, 0.15) is 87.0 Å². The molecule has 1 aliphatic carbocycles. The van der Waals surface area contributed by atoms with E-state index in [1.807, 2.05) is 0 Å². The van der Waals surface area contributed by atoms with Gasteiger partial charge < -0.3 is 24.3 Å². The van der Waals surface area contributed by atoms with E-state index in [1.165, 1.54) is 0 Å². The zero-order valence-corrected chi connectivity index (χ0v) is 30.3. The number of carbonyl (C=O) groups is 5. The maximum atomic E-state index is 13.2. The van der Waals surface area contributed by atoms with Crippen molar-refractivity contribution in [1.29, 1.82) is 0 Å². The van der Waals surface area contributed by atoms with Crippen LogP contribution < -0.4 is 5.32 Å². The van der Waals surface area contributed by atoms with Crippen LogP contribution in [0.2, 0.25) is 25.7 Å². The highest BCUT2D eigenvalue weighted by Crippen LogP contribution is 2.50. The highest BCUT2D eigenvalue weighted by Gasteiger charge is 2.70. The normalized spacial score (nSPS) is 18.5. The van der Waals surface area contributed by atoms with E-state index in [0.717, 1.165) is 0 Å². The number of hydrogen-bond acceptors (Lipinski definition) is 9. The van der Waals surface area contributed by atoms with Gasteiger partial charge in [-0.05, 0) is 67.4 Å². The molecule has 0 spiro atoms. The lowest BCUT2D eigenvalue weighted by Crippen LogP contribution is -2.55. The number of esters is 2. The van der Waals surface area contributed by atoms with E-state index in [0.29, 0.717) is 36.6 Å². The summed E-state index contributed by atoms with van der Waals surface area (Å²) in [5, 5.41) is 1.74. The molecule has 15 heteroatoms. The predicted molar refractivity (Wildman–Crippen MR) is 170 cm³/mol. The molecule has 3 atom stereocenters. The second kappa shape index (κ2) is 16.7. The van der Waals surface area contributed by atoms with Crippen molar-refractivity contribution >= 4 is 38.1 Å². The second-order valence-electron chi connectivity index (χ2n) is 14.6. The maximum Gasteiger partial charge on any atom is 0.471 e. The van der Waals surface area contributed by atoms with Crippen molar-refractivity contribution in [3.05, 3.63) is 0 Å². The van der Waals surface area contributed by atoms with Gasteiger partial charge in [0.25, 0.3) is 0 Å². The fraction of sp³-hybridized carbons (Fsp3) is 0.781. The molecule has 0 unspecified atom stereocenters.